The lowest BCUT2D eigenvalue weighted by Gasteiger charge is -2.07. The number of nitrogens with zero attached hydrogens (tertiary/aromatic N) is 5. The van der Waals surface area contributed by atoms with Crippen LogP contribution in [-0.4, -0.2) is 9.55 Å². The highest BCUT2D eigenvalue weighted by Crippen LogP contribution is 2.23. The standard InChI is InChI=1S/C15H13N5/c1-11-7-8-14-13(9-11)18-15(10-17-19-16)20(14)12-5-3-2-4-6-12/h2-9H,10H2,1H3. The van der Waals surface area contributed by atoms with E-state index in [9.17, 15) is 0 Å². The Bertz CT molecular complexity index is 798. The highest BCUT2D eigenvalue weighted by molar-refractivity contribution is 5.79. The molecule has 0 saturated carbocycles. The van der Waals surface area contributed by atoms with Crippen molar-refractivity contribution in [2.45, 2.75) is 13.5 Å². The fourth-order valence-electron chi connectivity index (χ4n) is 2.31. The second-order valence-electron chi connectivity index (χ2n) is 4.58. The molecule has 0 spiro atoms. The molecule has 3 aromatic rings. The number of benzene rings is 2. The maximum absolute atomic E-state index is 8.53. The third kappa shape index (κ3) is 2.11. The van der Waals surface area contributed by atoms with Gasteiger partial charge >= 0.3 is 0 Å². The lowest BCUT2D eigenvalue weighted by Crippen LogP contribution is -1.99. The van der Waals surface area contributed by atoms with Gasteiger partial charge < -0.3 is 0 Å². The molecule has 0 aliphatic heterocycles. The lowest BCUT2D eigenvalue weighted by molar-refractivity contribution is 0.875. The van der Waals surface area contributed by atoms with Gasteiger partial charge in [-0.3, -0.25) is 4.57 Å². The molecular formula is C15H13N5. The molecule has 0 radical (unpaired) electrons. The normalized spacial score (nSPS) is 10.4. The molecule has 5 heteroatoms. The van der Waals surface area contributed by atoms with Gasteiger partial charge in [0.1, 0.15) is 5.82 Å². The van der Waals surface area contributed by atoms with Gasteiger partial charge in [-0.1, -0.05) is 29.4 Å². The molecule has 0 aliphatic carbocycles. The predicted molar refractivity (Wildman–Crippen MR) is 78.7 cm³/mol. The molecule has 1 aromatic heterocycles. The van der Waals surface area contributed by atoms with E-state index in [4.69, 9.17) is 5.53 Å². The van der Waals surface area contributed by atoms with E-state index < -0.39 is 0 Å². The molecule has 3 rings (SSSR count). The molecule has 0 unspecified atom stereocenters. The number of hydrogen-bond acceptors (Lipinski definition) is 2. The monoisotopic (exact) mass is 263 g/mol. The summed E-state index contributed by atoms with van der Waals surface area (Å²) in [6.07, 6.45) is 0. The van der Waals surface area contributed by atoms with E-state index in [1.807, 2.05) is 54.0 Å². The summed E-state index contributed by atoms with van der Waals surface area (Å²) in [5, 5.41) is 3.64. The quantitative estimate of drug-likeness (QED) is 0.397. The Balaban J connectivity index is 2.28. The van der Waals surface area contributed by atoms with Crippen molar-refractivity contribution < 1.29 is 0 Å². The van der Waals surface area contributed by atoms with Gasteiger partial charge in [0, 0.05) is 10.6 Å². The van der Waals surface area contributed by atoms with E-state index in [1.54, 1.807) is 0 Å². The fourth-order valence-corrected chi connectivity index (χ4v) is 2.31. The van der Waals surface area contributed by atoms with Crippen molar-refractivity contribution in [1.82, 2.24) is 9.55 Å². The van der Waals surface area contributed by atoms with Crippen molar-refractivity contribution in [1.29, 1.82) is 0 Å². The molecule has 20 heavy (non-hydrogen) atoms. The number of imidazole rings is 1. The molecule has 0 fully saturated rings. The van der Waals surface area contributed by atoms with Crippen molar-refractivity contribution in [3.63, 3.8) is 0 Å². The molecule has 0 saturated heterocycles. The Kier molecular flexibility index (Phi) is 3.11. The Morgan fingerprint density at radius 2 is 2.00 bits per heavy atom. The Morgan fingerprint density at radius 3 is 2.75 bits per heavy atom. The molecule has 0 N–H and O–H groups in total. The smallest absolute Gasteiger partial charge is 0.120 e. The van der Waals surface area contributed by atoms with E-state index in [0.717, 1.165) is 28.1 Å². The summed E-state index contributed by atoms with van der Waals surface area (Å²) >= 11 is 0. The number of aromatic nitrogens is 2. The van der Waals surface area contributed by atoms with E-state index in [2.05, 4.69) is 21.1 Å². The SMILES string of the molecule is Cc1ccc2c(c1)nc(CN=[N+]=[N-])n2-c1ccccc1. The van der Waals surface area contributed by atoms with Gasteiger partial charge in [-0.25, -0.2) is 4.98 Å². The first kappa shape index (κ1) is 12.3. The zero-order valence-electron chi connectivity index (χ0n) is 11.1. The summed E-state index contributed by atoms with van der Waals surface area (Å²) < 4.78 is 2.03. The van der Waals surface area contributed by atoms with Crippen molar-refractivity contribution in [3.05, 3.63) is 70.4 Å². The molecule has 0 amide bonds. The fraction of sp³-hybridized carbons (Fsp3) is 0.133. The number of hydrogen-bond donors (Lipinski definition) is 0. The van der Waals surface area contributed by atoms with E-state index in [-0.39, 0.29) is 6.54 Å². The van der Waals surface area contributed by atoms with Crippen LogP contribution >= 0.6 is 0 Å². The zero-order valence-corrected chi connectivity index (χ0v) is 11.1. The van der Waals surface area contributed by atoms with Gasteiger partial charge in [-0.05, 0) is 42.3 Å². The highest BCUT2D eigenvalue weighted by Gasteiger charge is 2.11. The van der Waals surface area contributed by atoms with E-state index >= 15 is 0 Å². The van der Waals surface area contributed by atoms with E-state index in [0.29, 0.717) is 0 Å². The van der Waals surface area contributed by atoms with E-state index in [1.165, 1.54) is 0 Å². The first-order valence-electron chi connectivity index (χ1n) is 6.34. The largest absolute Gasteiger partial charge is 0.296 e. The topological polar surface area (TPSA) is 66.6 Å². The second kappa shape index (κ2) is 5.07. The van der Waals surface area contributed by atoms with Gasteiger partial charge in [0.05, 0.1) is 17.6 Å². The third-order valence-electron chi connectivity index (χ3n) is 3.17. The predicted octanol–water partition coefficient (Wildman–Crippen LogP) is 4.14. The van der Waals surface area contributed by atoms with Crippen LogP contribution in [0.25, 0.3) is 27.2 Å². The molecule has 98 valence electrons. The van der Waals surface area contributed by atoms with Gasteiger partial charge in [-0.15, -0.1) is 0 Å². The van der Waals surface area contributed by atoms with Gasteiger partial charge in [0.2, 0.25) is 0 Å². The van der Waals surface area contributed by atoms with Crippen LogP contribution < -0.4 is 0 Å². The zero-order chi connectivity index (χ0) is 13.9. The summed E-state index contributed by atoms with van der Waals surface area (Å²) in [7, 11) is 0. The molecule has 2 aromatic carbocycles. The molecule has 0 atom stereocenters. The minimum atomic E-state index is 0.235. The van der Waals surface area contributed by atoms with Crippen molar-refractivity contribution in [2.24, 2.45) is 5.11 Å². The second-order valence-corrected chi connectivity index (χ2v) is 4.58. The number of fused-ring (bicyclic) bond motifs is 1. The number of para-hydroxylation sites is 1. The summed E-state index contributed by atoms with van der Waals surface area (Å²) in [5.74, 6) is 0.745. The minimum absolute atomic E-state index is 0.235. The van der Waals surface area contributed by atoms with Gasteiger partial charge in [-0.2, -0.15) is 0 Å². The van der Waals surface area contributed by atoms with Crippen LogP contribution in [0.15, 0.2) is 53.6 Å². The van der Waals surface area contributed by atoms with Crippen LogP contribution in [0.1, 0.15) is 11.4 Å². The van der Waals surface area contributed by atoms with Crippen LogP contribution in [0, 0.1) is 6.92 Å². The summed E-state index contributed by atoms with van der Waals surface area (Å²) in [6, 6.07) is 16.1. The molecule has 1 heterocycles. The third-order valence-corrected chi connectivity index (χ3v) is 3.17. The maximum atomic E-state index is 8.53. The lowest BCUT2D eigenvalue weighted by atomic mass is 10.2. The maximum Gasteiger partial charge on any atom is 0.120 e. The number of rotatable bonds is 3. The summed E-state index contributed by atoms with van der Waals surface area (Å²) in [6.45, 7) is 2.27. The first-order valence-corrected chi connectivity index (χ1v) is 6.34. The van der Waals surface area contributed by atoms with Crippen LogP contribution in [0.3, 0.4) is 0 Å². The van der Waals surface area contributed by atoms with Crippen LogP contribution in [-0.2, 0) is 6.54 Å². The Hall–Kier alpha value is -2.78. The van der Waals surface area contributed by atoms with Crippen LogP contribution in [0.5, 0.6) is 0 Å². The Labute approximate surface area is 116 Å². The van der Waals surface area contributed by atoms with Crippen molar-refractivity contribution in [2.75, 3.05) is 0 Å². The summed E-state index contributed by atoms with van der Waals surface area (Å²) in [4.78, 5) is 7.41. The number of azide groups is 1. The number of aryl methyl sites for hydroxylation is 1. The average molecular weight is 263 g/mol. The first-order chi connectivity index (χ1) is 9.79. The van der Waals surface area contributed by atoms with Crippen LogP contribution in [0.4, 0.5) is 0 Å². The van der Waals surface area contributed by atoms with Crippen LogP contribution in [0.2, 0.25) is 0 Å². The van der Waals surface area contributed by atoms with Crippen molar-refractivity contribution in [3.8, 4) is 5.69 Å². The van der Waals surface area contributed by atoms with Gasteiger partial charge in [0.15, 0.2) is 0 Å². The Morgan fingerprint density at radius 1 is 1.20 bits per heavy atom. The highest BCUT2D eigenvalue weighted by atomic mass is 15.2. The summed E-state index contributed by atoms with van der Waals surface area (Å²) in [5.41, 5.74) is 12.6. The minimum Gasteiger partial charge on any atom is -0.296 e. The molecule has 0 aliphatic rings. The molecule has 0 bridgehead atoms. The average Bonchev–Trinajstić information content (AvgIpc) is 2.83. The van der Waals surface area contributed by atoms with Crippen molar-refractivity contribution >= 4 is 11.0 Å². The van der Waals surface area contributed by atoms with Gasteiger partial charge in [0.25, 0.3) is 0 Å². The molecular weight excluding hydrogens is 250 g/mol. The molecule has 5 nitrogen and oxygen atoms in total.